The van der Waals surface area contributed by atoms with Crippen LogP contribution in [-0.4, -0.2) is 10.1 Å². The first kappa shape index (κ1) is 11.0. The van der Waals surface area contributed by atoms with E-state index in [1.165, 1.54) is 0 Å². The van der Waals surface area contributed by atoms with Crippen molar-refractivity contribution in [3.05, 3.63) is 28.6 Å². The SMILES string of the molecule is Cc1cc(CN)c(CO)nc1C(F)F. The molecule has 0 saturated heterocycles. The van der Waals surface area contributed by atoms with E-state index in [4.69, 9.17) is 10.8 Å². The van der Waals surface area contributed by atoms with Crippen molar-refractivity contribution in [1.82, 2.24) is 4.98 Å². The lowest BCUT2D eigenvalue weighted by atomic mass is 10.1. The fraction of sp³-hybridized carbons (Fsp3) is 0.444. The molecule has 1 heterocycles. The van der Waals surface area contributed by atoms with E-state index in [9.17, 15) is 8.78 Å². The molecule has 0 aromatic carbocycles. The van der Waals surface area contributed by atoms with Crippen LogP contribution in [0, 0.1) is 6.92 Å². The largest absolute Gasteiger partial charge is 0.390 e. The summed E-state index contributed by atoms with van der Waals surface area (Å²) in [5, 5.41) is 8.88. The Kier molecular flexibility index (Phi) is 3.49. The minimum atomic E-state index is -2.62. The Morgan fingerprint density at radius 2 is 2.21 bits per heavy atom. The predicted molar refractivity (Wildman–Crippen MR) is 47.7 cm³/mol. The highest BCUT2D eigenvalue weighted by atomic mass is 19.3. The summed E-state index contributed by atoms with van der Waals surface area (Å²) in [6, 6.07) is 1.54. The molecule has 1 aromatic rings. The number of nitrogens with two attached hydrogens (primary N) is 1. The van der Waals surface area contributed by atoms with Gasteiger partial charge >= 0.3 is 0 Å². The molecule has 0 bridgehead atoms. The third-order valence-electron chi connectivity index (χ3n) is 2.00. The Hall–Kier alpha value is -1.07. The highest BCUT2D eigenvalue weighted by molar-refractivity contribution is 5.30. The van der Waals surface area contributed by atoms with Gasteiger partial charge in [-0.15, -0.1) is 0 Å². The number of nitrogens with zero attached hydrogens (tertiary/aromatic N) is 1. The van der Waals surface area contributed by atoms with Crippen molar-refractivity contribution in [3.63, 3.8) is 0 Å². The molecule has 0 aliphatic heterocycles. The molecule has 0 amide bonds. The summed E-state index contributed by atoms with van der Waals surface area (Å²) in [7, 11) is 0. The van der Waals surface area contributed by atoms with Gasteiger partial charge in [0.2, 0.25) is 0 Å². The monoisotopic (exact) mass is 202 g/mol. The third kappa shape index (κ3) is 2.05. The molecular weight excluding hydrogens is 190 g/mol. The second-order valence-electron chi connectivity index (χ2n) is 2.96. The molecule has 0 spiro atoms. The molecule has 0 aliphatic carbocycles. The van der Waals surface area contributed by atoms with E-state index in [2.05, 4.69) is 4.98 Å². The molecule has 0 radical (unpaired) electrons. The van der Waals surface area contributed by atoms with Gasteiger partial charge in [-0.25, -0.2) is 13.8 Å². The van der Waals surface area contributed by atoms with Gasteiger partial charge in [0.05, 0.1) is 12.3 Å². The zero-order valence-electron chi connectivity index (χ0n) is 7.80. The lowest BCUT2D eigenvalue weighted by Gasteiger charge is -2.10. The zero-order chi connectivity index (χ0) is 10.7. The second-order valence-corrected chi connectivity index (χ2v) is 2.96. The Bertz CT molecular complexity index is 329. The molecule has 0 saturated carbocycles. The summed E-state index contributed by atoms with van der Waals surface area (Å²) in [6.45, 7) is 1.37. The van der Waals surface area contributed by atoms with Crippen LogP contribution < -0.4 is 5.73 Å². The summed E-state index contributed by atoms with van der Waals surface area (Å²) in [6.07, 6.45) is -2.62. The normalized spacial score (nSPS) is 11.0. The number of aliphatic hydroxyl groups excluding tert-OH is 1. The van der Waals surface area contributed by atoms with Crippen molar-refractivity contribution in [3.8, 4) is 0 Å². The number of aryl methyl sites for hydroxylation is 1. The van der Waals surface area contributed by atoms with Crippen molar-refractivity contribution in [2.45, 2.75) is 26.5 Å². The molecule has 78 valence electrons. The van der Waals surface area contributed by atoms with Crippen molar-refractivity contribution in [2.75, 3.05) is 0 Å². The van der Waals surface area contributed by atoms with Crippen molar-refractivity contribution in [1.29, 1.82) is 0 Å². The van der Waals surface area contributed by atoms with E-state index in [1.807, 2.05) is 0 Å². The van der Waals surface area contributed by atoms with Gasteiger partial charge in [0.25, 0.3) is 6.43 Å². The molecule has 5 heteroatoms. The van der Waals surface area contributed by atoms with Gasteiger partial charge in [-0.1, -0.05) is 6.07 Å². The first-order valence-corrected chi connectivity index (χ1v) is 4.18. The molecule has 14 heavy (non-hydrogen) atoms. The molecule has 3 nitrogen and oxygen atoms in total. The first-order valence-electron chi connectivity index (χ1n) is 4.18. The van der Waals surface area contributed by atoms with Gasteiger partial charge in [0.15, 0.2) is 0 Å². The van der Waals surface area contributed by atoms with Crippen LogP contribution in [0.1, 0.15) is 28.9 Å². The molecule has 3 N–H and O–H groups in total. The minimum absolute atomic E-state index is 0.188. The number of hydrogen-bond acceptors (Lipinski definition) is 3. The standard InChI is InChI=1S/C9H12F2N2O/c1-5-2-6(3-12)7(4-14)13-8(5)9(10)11/h2,9,14H,3-4,12H2,1H3. The van der Waals surface area contributed by atoms with Crippen LogP contribution in [0.3, 0.4) is 0 Å². The van der Waals surface area contributed by atoms with Crippen LogP contribution in [0.25, 0.3) is 0 Å². The van der Waals surface area contributed by atoms with Crippen LogP contribution in [0.2, 0.25) is 0 Å². The molecule has 0 aliphatic rings. The summed E-state index contributed by atoms with van der Waals surface area (Å²) < 4.78 is 24.8. The summed E-state index contributed by atoms with van der Waals surface area (Å²) in [4.78, 5) is 3.68. The second kappa shape index (κ2) is 4.43. The summed E-state index contributed by atoms with van der Waals surface area (Å²) in [5.74, 6) is 0. The van der Waals surface area contributed by atoms with Gasteiger partial charge < -0.3 is 10.8 Å². The fourth-order valence-electron chi connectivity index (χ4n) is 1.26. The zero-order valence-corrected chi connectivity index (χ0v) is 7.80. The minimum Gasteiger partial charge on any atom is -0.390 e. The average molecular weight is 202 g/mol. The van der Waals surface area contributed by atoms with E-state index >= 15 is 0 Å². The van der Waals surface area contributed by atoms with Crippen LogP contribution >= 0.6 is 0 Å². The van der Waals surface area contributed by atoms with E-state index in [-0.39, 0.29) is 24.5 Å². The highest BCUT2D eigenvalue weighted by Crippen LogP contribution is 2.22. The third-order valence-corrected chi connectivity index (χ3v) is 2.00. The van der Waals surface area contributed by atoms with Gasteiger partial charge in [-0.3, -0.25) is 0 Å². The number of pyridine rings is 1. The highest BCUT2D eigenvalue weighted by Gasteiger charge is 2.15. The van der Waals surface area contributed by atoms with Crippen LogP contribution in [0.4, 0.5) is 8.78 Å². The van der Waals surface area contributed by atoms with Gasteiger partial charge in [-0.05, 0) is 18.1 Å². The Morgan fingerprint density at radius 3 is 2.64 bits per heavy atom. The van der Waals surface area contributed by atoms with Crippen molar-refractivity contribution in [2.24, 2.45) is 5.73 Å². The van der Waals surface area contributed by atoms with E-state index in [1.54, 1.807) is 13.0 Å². The number of halogens is 2. The molecule has 0 fully saturated rings. The van der Waals surface area contributed by atoms with Gasteiger partial charge in [0, 0.05) is 6.54 Å². The molecule has 1 rings (SSSR count). The van der Waals surface area contributed by atoms with E-state index in [0.29, 0.717) is 11.1 Å². The maximum atomic E-state index is 12.4. The van der Waals surface area contributed by atoms with Crippen LogP contribution in [-0.2, 0) is 13.2 Å². The quantitative estimate of drug-likeness (QED) is 0.776. The molecule has 1 aromatic heterocycles. The number of hydrogen-bond donors (Lipinski definition) is 2. The topological polar surface area (TPSA) is 59.1 Å². The van der Waals surface area contributed by atoms with Crippen molar-refractivity contribution >= 4 is 0 Å². The Labute approximate surface area is 80.6 Å². The average Bonchev–Trinajstić information content (AvgIpc) is 2.16. The van der Waals surface area contributed by atoms with Crippen LogP contribution in [0.5, 0.6) is 0 Å². The molecule has 0 unspecified atom stereocenters. The van der Waals surface area contributed by atoms with E-state index in [0.717, 1.165) is 0 Å². The lowest BCUT2D eigenvalue weighted by molar-refractivity contribution is 0.144. The number of aliphatic hydroxyl groups is 1. The maximum absolute atomic E-state index is 12.4. The van der Waals surface area contributed by atoms with Crippen molar-refractivity contribution < 1.29 is 13.9 Å². The fourth-order valence-corrected chi connectivity index (χ4v) is 1.26. The number of rotatable bonds is 3. The van der Waals surface area contributed by atoms with Crippen LogP contribution in [0.15, 0.2) is 6.07 Å². The van der Waals surface area contributed by atoms with Gasteiger partial charge in [-0.2, -0.15) is 0 Å². The summed E-state index contributed by atoms with van der Waals surface area (Å²) in [5.41, 5.74) is 6.33. The molecular formula is C9H12F2N2O. The number of alkyl halides is 2. The smallest absolute Gasteiger partial charge is 0.280 e. The lowest BCUT2D eigenvalue weighted by Crippen LogP contribution is -2.08. The predicted octanol–water partition coefficient (Wildman–Crippen LogP) is 1.28. The van der Waals surface area contributed by atoms with Gasteiger partial charge in [0.1, 0.15) is 5.69 Å². The molecule has 0 atom stereocenters. The Morgan fingerprint density at radius 1 is 1.57 bits per heavy atom. The Balaban J connectivity index is 3.23. The maximum Gasteiger partial charge on any atom is 0.280 e. The van der Waals surface area contributed by atoms with E-state index < -0.39 is 6.43 Å². The number of aromatic nitrogens is 1. The summed E-state index contributed by atoms with van der Waals surface area (Å²) >= 11 is 0. The first-order chi connectivity index (χ1) is 6.60.